The van der Waals surface area contributed by atoms with Gasteiger partial charge in [-0.3, -0.25) is 9.59 Å². The fourth-order valence-electron chi connectivity index (χ4n) is 5.22. The molecule has 2 rings (SSSR count). The zero-order valence-electron chi connectivity index (χ0n) is 25.6. The molecule has 0 radical (unpaired) electrons. The molecule has 7 atom stereocenters. The number of aliphatic hydroxyl groups excluding tert-OH is 4. The maximum atomic E-state index is 12.4. The number of carbonyl (C=O) groups excluding carboxylic acids is 2. The van der Waals surface area contributed by atoms with Gasteiger partial charge in [0.2, 0.25) is 11.8 Å². The van der Waals surface area contributed by atoms with Gasteiger partial charge in [0.25, 0.3) is 0 Å². The van der Waals surface area contributed by atoms with Crippen LogP contribution in [0.4, 0.5) is 0 Å². The Morgan fingerprint density at radius 3 is 2.20 bits per heavy atom. The van der Waals surface area contributed by atoms with Crippen LogP contribution in [0.1, 0.15) is 91.9 Å². The van der Waals surface area contributed by atoms with Gasteiger partial charge in [-0.05, 0) is 44.4 Å². The van der Waals surface area contributed by atoms with Crippen molar-refractivity contribution in [2.45, 2.75) is 122 Å². The van der Waals surface area contributed by atoms with Crippen LogP contribution in [0, 0.1) is 17.8 Å². The minimum Gasteiger partial charge on any atom is -0.396 e. The van der Waals surface area contributed by atoms with E-state index in [2.05, 4.69) is 26.1 Å². The smallest absolute Gasteiger partial charge is 0.222 e. The SMILES string of the molecule is CC(C)C.CO[C@@H]1C[C@@H](CO)N(C(=O)CCCCCNC(=O)CCCCCO[C@@H]2CC(CO)[C@H](O)[C@H](O)C2C)C1. The number of rotatable bonds is 16. The highest BCUT2D eigenvalue weighted by molar-refractivity contribution is 5.77. The molecule has 2 amide bonds. The zero-order valence-corrected chi connectivity index (χ0v) is 25.6. The fourth-order valence-corrected chi connectivity index (χ4v) is 5.22. The first-order valence-electron chi connectivity index (χ1n) is 15.3. The summed E-state index contributed by atoms with van der Waals surface area (Å²) in [6.07, 6.45) is 5.02. The number of hydrogen-bond donors (Lipinski definition) is 5. The molecule has 0 aromatic carbocycles. The van der Waals surface area contributed by atoms with Gasteiger partial charge in [0.15, 0.2) is 0 Å². The quantitative estimate of drug-likeness (QED) is 0.176. The van der Waals surface area contributed by atoms with Gasteiger partial charge in [-0.2, -0.15) is 0 Å². The molecule has 1 saturated heterocycles. The zero-order chi connectivity index (χ0) is 30.1. The molecule has 10 nitrogen and oxygen atoms in total. The Hall–Kier alpha value is -1.30. The van der Waals surface area contributed by atoms with Gasteiger partial charge < -0.3 is 40.1 Å². The van der Waals surface area contributed by atoms with Gasteiger partial charge in [-0.15, -0.1) is 0 Å². The van der Waals surface area contributed by atoms with E-state index in [4.69, 9.17) is 9.47 Å². The van der Waals surface area contributed by atoms with Gasteiger partial charge >= 0.3 is 0 Å². The van der Waals surface area contributed by atoms with Crippen LogP contribution < -0.4 is 5.32 Å². The lowest BCUT2D eigenvalue weighted by Crippen LogP contribution is -2.50. The van der Waals surface area contributed by atoms with Crippen molar-refractivity contribution in [1.82, 2.24) is 10.2 Å². The first kappa shape index (κ1) is 36.7. The monoisotopic (exact) mass is 574 g/mol. The van der Waals surface area contributed by atoms with Crippen LogP contribution >= 0.6 is 0 Å². The average molecular weight is 575 g/mol. The van der Waals surface area contributed by atoms with E-state index in [1.54, 1.807) is 12.0 Å². The number of ether oxygens (including phenoxy) is 2. The first-order valence-corrected chi connectivity index (χ1v) is 15.3. The van der Waals surface area contributed by atoms with Gasteiger partial charge in [0.05, 0.1) is 37.1 Å². The minimum atomic E-state index is -0.912. The van der Waals surface area contributed by atoms with Gasteiger partial charge in [0, 0.05) is 58.1 Å². The van der Waals surface area contributed by atoms with Crippen LogP contribution in [0.5, 0.6) is 0 Å². The summed E-state index contributed by atoms with van der Waals surface area (Å²) in [4.78, 5) is 26.2. The first-order chi connectivity index (χ1) is 19.0. The van der Waals surface area contributed by atoms with E-state index in [-0.39, 0.29) is 55.1 Å². The number of nitrogens with zero attached hydrogens (tertiary/aromatic N) is 1. The highest BCUT2D eigenvalue weighted by Crippen LogP contribution is 2.31. The Labute approximate surface area is 241 Å². The largest absolute Gasteiger partial charge is 0.396 e. The Bertz CT molecular complexity index is 690. The number of nitrogens with one attached hydrogen (secondary N) is 1. The van der Waals surface area contributed by atoms with Crippen LogP contribution in [0.15, 0.2) is 0 Å². The van der Waals surface area contributed by atoms with E-state index in [9.17, 15) is 30.0 Å². The van der Waals surface area contributed by atoms with Crippen LogP contribution in [-0.4, -0.2) is 108 Å². The van der Waals surface area contributed by atoms with Crippen molar-refractivity contribution in [3.8, 4) is 0 Å². The number of aliphatic hydroxyl groups is 4. The molecule has 1 saturated carbocycles. The molecule has 2 aliphatic rings. The van der Waals surface area contributed by atoms with Crippen molar-refractivity contribution in [3.63, 3.8) is 0 Å². The summed E-state index contributed by atoms with van der Waals surface area (Å²) in [7, 11) is 1.63. The van der Waals surface area contributed by atoms with Crippen molar-refractivity contribution in [2.75, 3.05) is 40.0 Å². The number of methoxy groups -OCH3 is 1. The fraction of sp³-hybridized carbons (Fsp3) is 0.933. The second kappa shape index (κ2) is 20.6. The van der Waals surface area contributed by atoms with E-state index in [0.29, 0.717) is 45.4 Å². The summed E-state index contributed by atoms with van der Waals surface area (Å²) in [5.41, 5.74) is 0. The standard InChI is InChI=1S/C26H48N2O8.C4H10/c1-18-22(13-19(16-29)26(34)25(18)33)36-12-8-4-5-9-23(31)27-11-7-3-6-10-24(32)28-15-21(35-2)14-20(28)17-30;1-4(2)3/h18-22,25-26,29-30,33-34H,3-17H2,1-2H3,(H,27,31);4H,1-3H3/t18?,19?,20-,21+,22+,25+,26-;/m0./s1. The third-order valence-electron chi connectivity index (χ3n) is 7.74. The Balaban J connectivity index is 0.00000187. The molecule has 1 heterocycles. The molecule has 236 valence electrons. The molecule has 40 heavy (non-hydrogen) atoms. The molecule has 2 unspecified atom stereocenters. The van der Waals surface area contributed by atoms with Crippen molar-refractivity contribution in [3.05, 3.63) is 0 Å². The summed E-state index contributed by atoms with van der Waals surface area (Å²) in [5.74, 6) is 0.371. The van der Waals surface area contributed by atoms with E-state index in [1.807, 2.05) is 6.92 Å². The molecule has 10 heteroatoms. The van der Waals surface area contributed by atoms with E-state index < -0.39 is 12.2 Å². The second-order valence-corrected chi connectivity index (χ2v) is 12.1. The Morgan fingerprint density at radius 1 is 0.925 bits per heavy atom. The molecule has 1 aliphatic carbocycles. The Morgan fingerprint density at radius 2 is 1.57 bits per heavy atom. The molecular weight excluding hydrogens is 516 g/mol. The van der Waals surface area contributed by atoms with Crippen molar-refractivity contribution < 1.29 is 39.5 Å². The van der Waals surface area contributed by atoms with Crippen LogP contribution in [-0.2, 0) is 19.1 Å². The third-order valence-corrected chi connectivity index (χ3v) is 7.74. The van der Waals surface area contributed by atoms with Gasteiger partial charge in [0.1, 0.15) is 0 Å². The summed E-state index contributed by atoms with van der Waals surface area (Å²) >= 11 is 0. The van der Waals surface area contributed by atoms with Crippen LogP contribution in [0.25, 0.3) is 0 Å². The maximum absolute atomic E-state index is 12.4. The lowest BCUT2D eigenvalue weighted by Gasteiger charge is -2.40. The van der Waals surface area contributed by atoms with Gasteiger partial charge in [-0.25, -0.2) is 0 Å². The van der Waals surface area contributed by atoms with Crippen LogP contribution in [0.3, 0.4) is 0 Å². The molecule has 1 aliphatic heterocycles. The highest BCUT2D eigenvalue weighted by Gasteiger charge is 2.41. The predicted molar refractivity (Wildman–Crippen MR) is 155 cm³/mol. The number of carbonyl (C=O) groups is 2. The van der Waals surface area contributed by atoms with Crippen LogP contribution in [0.2, 0.25) is 0 Å². The molecule has 2 fully saturated rings. The summed E-state index contributed by atoms with van der Waals surface area (Å²) in [5, 5.41) is 41.9. The normalized spacial score (nSPS) is 28.4. The third kappa shape index (κ3) is 13.6. The molecule has 0 bridgehead atoms. The lowest BCUT2D eigenvalue weighted by molar-refractivity contribution is -0.144. The number of hydrogen-bond acceptors (Lipinski definition) is 8. The minimum absolute atomic E-state index is 0.00179. The second-order valence-electron chi connectivity index (χ2n) is 12.1. The number of unbranched alkanes of at least 4 members (excludes halogenated alkanes) is 4. The average Bonchev–Trinajstić information content (AvgIpc) is 3.35. The summed E-state index contributed by atoms with van der Waals surface area (Å²) in [6, 6.07) is -0.148. The van der Waals surface area contributed by atoms with Gasteiger partial charge in [-0.1, -0.05) is 40.5 Å². The summed E-state index contributed by atoms with van der Waals surface area (Å²) in [6.45, 7) is 9.82. The maximum Gasteiger partial charge on any atom is 0.222 e. The molecule has 0 aromatic heterocycles. The van der Waals surface area contributed by atoms with E-state index in [0.717, 1.165) is 44.4 Å². The molecule has 5 N–H and O–H groups in total. The van der Waals surface area contributed by atoms with E-state index in [1.165, 1.54) is 0 Å². The van der Waals surface area contributed by atoms with Crippen molar-refractivity contribution in [2.24, 2.45) is 17.8 Å². The van der Waals surface area contributed by atoms with E-state index >= 15 is 0 Å². The number of likely N-dealkylation sites (tertiary alicyclic amines) is 1. The topological polar surface area (TPSA) is 149 Å². The van der Waals surface area contributed by atoms with Crippen molar-refractivity contribution >= 4 is 11.8 Å². The lowest BCUT2D eigenvalue weighted by atomic mass is 9.77. The predicted octanol–water partition coefficient (Wildman–Crippen LogP) is 2.25. The number of amides is 2. The molecule has 0 aromatic rings. The summed E-state index contributed by atoms with van der Waals surface area (Å²) < 4.78 is 11.2. The molecule has 0 spiro atoms. The highest BCUT2D eigenvalue weighted by atomic mass is 16.5. The molecular formula is C30H58N2O8. The Kier molecular flexibility index (Phi) is 18.9. The van der Waals surface area contributed by atoms with Crippen molar-refractivity contribution in [1.29, 1.82) is 0 Å².